The molecule has 9 heteroatoms. The van der Waals surface area contributed by atoms with Gasteiger partial charge in [0.25, 0.3) is 11.6 Å². The predicted molar refractivity (Wildman–Crippen MR) is 136 cm³/mol. The van der Waals surface area contributed by atoms with E-state index in [4.69, 9.17) is 4.74 Å². The number of amides is 1. The molecule has 9 nitrogen and oxygen atoms in total. The minimum absolute atomic E-state index is 0.126. The van der Waals surface area contributed by atoms with E-state index in [1.54, 1.807) is 78.9 Å². The fraction of sp³-hybridized carbons (Fsp3) is 0.0357. The van der Waals surface area contributed by atoms with Gasteiger partial charge in [0.15, 0.2) is 5.60 Å². The lowest BCUT2D eigenvalue weighted by atomic mass is 9.85. The molecule has 37 heavy (non-hydrogen) atoms. The van der Waals surface area contributed by atoms with Crippen LogP contribution in [0.25, 0.3) is 0 Å². The number of carbonyl (C=O) groups excluding carboxylic acids is 2. The van der Waals surface area contributed by atoms with Crippen molar-refractivity contribution in [3.05, 3.63) is 142 Å². The van der Waals surface area contributed by atoms with E-state index in [9.17, 15) is 24.8 Å². The second-order valence-electron chi connectivity index (χ2n) is 7.87. The van der Waals surface area contributed by atoms with Gasteiger partial charge >= 0.3 is 5.97 Å². The Labute approximate surface area is 211 Å². The molecule has 0 heterocycles. The summed E-state index contributed by atoms with van der Waals surface area (Å²) in [6, 6.07) is 28.5. The minimum Gasteiger partial charge on any atom is -0.422 e. The van der Waals surface area contributed by atoms with E-state index in [2.05, 4.69) is 10.5 Å². The number of rotatable bonds is 8. The second kappa shape index (κ2) is 11.1. The summed E-state index contributed by atoms with van der Waals surface area (Å²) in [6.07, 6.45) is 1.28. The van der Waals surface area contributed by atoms with E-state index in [-0.39, 0.29) is 17.0 Å². The lowest BCUT2D eigenvalue weighted by Crippen LogP contribution is -2.43. The quantitative estimate of drug-likeness (QED) is 0.124. The van der Waals surface area contributed by atoms with Crippen LogP contribution < -0.4 is 10.2 Å². The molecule has 0 fully saturated rings. The molecular formula is C28H21N3O6. The van der Waals surface area contributed by atoms with Gasteiger partial charge < -0.3 is 9.84 Å². The molecule has 1 amide bonds. The Morgan fingerprint density at radius 3 is 1.95 bits per heavy atom. The molecule has 184 valence electrons. The number of carbonyl (C=O) groups is 2. The predicted octanol–water partition coefficient (Wildman–Crippen LogP) is 4.20. The molecule has 2 N–H and O–H groups in total. The number of hydrazone groups is 1. The number of aliphatic hydroxyl groups is 1. The van der Waals surface area contributed by atoms with Gasteiger partial charge in [0.1, 0.15) is 5.75 Å². The normalized spacial score (nSPS) is 11.2. The zero-order chi connectivity index (χ0) is 26.3. The van der Waals surface area contributed by atoms with Crippen molar-refractivity contribution in [3.63, 3.8) is 0 Å². The topological polar surface area (TPSA) is 131 Å². The third kappa shape index (κ3) is 5.58. The van der Waals surface area contributed by atoms with Crippen LogP contribution in [0.4, 0.5) is 5.69 Å². The number of nitrogens with zero attached hydrogens (tertiary/aromatic N) is 2. The molecule has 0 spiro atoms. The third-order valence-electron chi connectivity index (χ3n) is 5.52. The molecule has 0 bridgehead atoms. The first-order valence-corrected chi connectivity index (χ1v) is 11.1. The first-order valence-electron chi connectivity index (χ1n) is 11.1. The van der Waals surface area contributed by atoms with E-state index in [1.165, 1.54) is 36.5 Å². The molecule has 0 saturated heterocycles. The highest BCUT2D eigenvalue weighted by Gasteiger charge is 2.39. The zero-order valence-corrected chi connectivity index (χ0v) is 19.4. The van der Waals surface area contributed by atoms with Gasteiger partial charge in [-0.05, 0) is 35.4 Å². The van der Waals surface area contributed by atoms with Crippen LogP contribution in [0.1, 0.15) is 27.0 Å². The number of benzene rings is 4. The Balaban J connectivity index is 1.52. The fourth-order valence-electron chi connectivity index (χ4n) is 3.59. The van der Waals surface area contributed by atoms with Gasteiger partial charge in [-0.3, -0.25) is 14.9 Å². The second-order valence-corrected chi connectivity index (χ2v) is 7.87. The summed E-state index contributed by atoms with van der Waals surface area (Å²) >= 11 is 0. The number of para-hydroxylation sites is 1. The van der Waals surface area contributed by atoms with Gasteiger partial charge in [-0.1, -0.05) is 72.8 Å². The molecule has 4 rings (SSSR count). The summed E-state index contributed by atoms with van der Waals surface area (Å²) in [6.45, 7) is 0. The highest BCUT2D eigenvalue weighted by molar-refractivity contribution is 5.94. The maximum absolute atomic E-state index is 13.2. The first-order chi connectivity index (χ1) is 17.9. The Morgan fingerprint density at radius 2 is 1.38 bits per heavy atom. The molecule has 0 radical (unpaired) electrons. The number of esters is 1. The molecular weight excluding hydrogens is 474 g/mol. The average Bonchev–Trinajstić information content (AvgIpc) is 2.94. The largest absolute Gasteiger partial charge is 0.422 e. The number of nitro benzene ring substituents is 1. The Hall–Kier alpha value is -5.15. The molecule has 0 aromatic heterocycles. The van der Waals surface area contributed by atoms with Gasteiger partial charge in [0, 0.05) is 17.7 Å². The van der Waals surface area contributed by atoms with Gasteiger partial charge in [0.2, 0.25) is 0 Å². The summed E-state index contributed by atoms with van der Waals surface area (Å²) in [5.41, 5.74) is 1.46. The summed E-state index contributed by atoms with van der Waals surface area (Å²) in [7, 11) is 0. The van der Waals surface area contributed by atoms with Gasteiger partial charge in [-0.25, -0.2) is 10.2 Å². The van der Waals surface area contributed by atoms with Gasteiger partial charge in [-0.15, -0.1) is 0 Å². The zero-order valence-electron chi connectivity index (χ0n) is 19.4. The highest BCUT2D eigenvalue weighted by atomic mass is 16.6. The van der Waals surface area contributed by atoms with Crippen LogP contribution in [0.2, 0.25) is 0 Å². The van der Waals surface area contributed by atoms with Crippen LogP contribution in [0.15, 0.2) is 114 Å². The molecule has 0 atom stereocenters. The lowest BCUT2D eigenvalue weighted by Gasteiger charge is -2.27. The highest BCUT2D eigenvalue weighted by Crippen LogP contribution is 2.30. The molecule has 4 aromatic rings. The van der Waals surface area contributed by atoms with E-state index >= 15 is 0 Å². The third-order valence-corrected chi connectivity index (χ3v) is 5.52. The van der Waals surface area contributed by atoms with Crippen LogP contribution in [-0.2, 0) is 10.4 Å². The molecule has 4 aromatic carbocycles. The van der Waals surface area contributed by atoms with Crippen molar-refractivity contribution in [1.29, 1.82) is 0 Å². The van der Waals surface area contributed by atoms with Crippen LogP contribution in [-0.4, -0.2) is 28.1 Å². The number of nitro groups is 1. The first kappa shape index (κ1) is 25.0. The monoisotopic (exact) mass is 495 g/mol. The number of nitrogens with one attached hydrogen (secondary N) is 1. The van der Waals surface area contributed by atoms with E-state index in [0.717, 1.165) is 0 Å². The maximum atomic E-state index is 13.2. The smallest absolute Gasteiger partial charge is 0.343 e. The van der Waals surface area contributed by atoms with Crippen molar-refractivity contribution in [2.24, 2.45) is 5.10 Å². The SMILES string of the molecule is O=C(Oc1ccccc1/C=N/NC(=O)C(O)(c1ccccc1)c1ccccc1)c1ccc([N+](=O)[O-])cc1. The molecule has 0 aliphatic rings. The van der Waals surface area contributed by atoms with Crippen molar-refractivity contribution in [2.45, 2.75) is 5.60 Å². The van der Waals surface area contributed by atoms with Crippen molar-refractivity contribution >= 4 is 23.8 Å². The number of non-ortho nitro benzene ring substituents is 1. The average molecular weight is 495 g/mol. The van der Waals surface area contributed by atoms with Crippen molar-refractivity contribution in [1.82, 2.24) is 5.43 Å². The summed E-state index contributed by atoms with van der Waals surface area (Å²) in [4.78, 5) is 36.0. The number of hydrogen-bond donors (Lipinski definition) is 2. The summed E-state index contributed by atoms with van der Waals surface area (Å²) < 4.78 is 5.43. The number of hydrogen-bond acceptors (Lipinski definition) is 7. The lowest BCUT2D eigenvalue weighted by molar-refractivity contribution is -0.384. The van der Waals surface area contributed by atoms with Crippen LogP contribution in [0.5, 0.6) is 5.75 Å². The number of ether oxygens (including phenoxy) is 1. The van der Waals surface area contributed by atoms with Crippen LogP contribution >= 0.6 is 0 Å². The standard InChI is InChI=1S/C28H21N3O6/c32-26(20-15-17-24(18-16-20)31(35)36)37-25-14-8-7-9-21(25)19-29-30-27(33)28(34,22-10-3-1-4-11-22)23-12-5-2-6-13-23/h1-19,34H,(H,30,33)/b29-19+. The Bertz CT molecular complexity index is 1400. The Kier molecular flexibility index (Phi) is 7.46. The van der Waals surface area contributed by atoms with Crippen LogP contribution in [0, 0.1) is 10.1 Å². The van der Waals surface area contributed by atoms with Crippen molar-refractivity contribution in [2.75, 3.05) is 0 Å². The van der Waals surface area contributed by atoms with Crippen molar-refractivity contribution < 1.29 is 24.4 Å². The molecule has 0 aliphatic carbocycles. The molecule has 0 aliphatic heterocycles. The van der Waals surface area contributed by atoms with Gasteiger partial charge in [0.05, 0.1) is 16.7 Å². The van der Waals surface area contributed by atoms with E-state index < -0.39 is 22.4 Å². The molecule has 0 saturated carbocycles. The summed E-state index contributed by atoms with van der Waals surface area (Å²) in [5, 5.41) is 26.3. The minimum atomic E-state index is -2.00. The maximum Gasteiger partial charge on any atom is 0.343 e. The van der Waals surface area contributed by atoms with E-state index in [1.807, 2.05) is 0 Å². The fourth-order valence-corrected chi connectivity index (χ4v) is 3.59. The van der Waals surface area contributed by atoms with Crippen molar-refractivity contribution in [3.8, 4) is 5.75 Å². The summed E-state index contributed by atoms with van der Waals surface area (Å²) in [5.74, 6) is -1.34. The van der Waals surface area contributed by atoms with Gasteiger partial charge in [-0.2, -0.15) is 5.10 Å². The molecule has 0 unspecified atom stereocenters. The van der Waals surface area contributed by atoms with Crippen LogP contribution in [0.3, 0.4) is 0 Å². The Morgan fingerprint density at radius 1 is 0.838 bits per heavy atom. The van der Waals surface area contributed by atoms with E-state index in [0.29, 0.717) is 16.7 Å².